The summed E-state index contributed by atoms with van der Waals surface area (Å²) in [6.07, 6.45) is 0. The average molecular weight is 215 g/mol. The molecule has 0 spiro atoms. The number of rotatable bonds is 2. The molecule has 1 atom stereocenters. The maximum absolute atomic E-state index is 5.79. The van der Waals surface area contributed by atoms with E-state index in [-0.39, 0.29) is 5.38 Å². The summed E-state index contributed by atoms with van der Waals surface area (Å²) in [7, 11) is 0. The first-order chi connectivity index (χ1) is 6.27. The molecule has 0 bridgehead atoms. The highest BCUT2D eigenvalue weighted by Crippen LogP contribution is 2.26. The Morgan fingerprint density at radius 1 is 1.54 bits per heavy atom. The van der Waals surface area contributed by atoms with E-state index in [1.807, 2.05) is 17.5 Å². The second-order valence-corrected chi connectivity index (χ2v) is 4.14. The van der Waals surface area contributed by atoms with Crippen molar-refractivity contribution < 1.29 is 4.42 Å². The molecule has 3 nitrogen and oxygen atoms in total. The Bertz CT molecular complexity index is 383. The minimum Gasteiger partial charge on any atom is -0.418 e. The van der Waals surface area contributed by atoms with Crippen LogP contribution in [0.5, 0.6) is 0 Å². The fourth-order valence-corrected chi connectivity index (χ4v) is 1.63. The molecule has 0 aliphatic heterocycles. The Morgan fingerprint density at radius 2 is 2.38 bits per heavy atom. The minimum atomic E-state index is -0.235. The van der Waals surface area contributed by atoms with Crippen molar-refractivity contribution in [2.45, 2.75) is 12.3 Å². The lowest BCUT2D eigenvalue weighted by Gasteiger charge is -1.91. The zero-order chi connectivity index (χ0) is 9.26. The second-order valence-electron chi connectivity index (χ2n) is 2.54. The fraction of sp³-hybridized carbons (Fsp3) is 0.250. The second kappa shape index (κ2) is 3.47. The summed E-state index contributed by atoms with van der Waals surface area (Å²) in [4.78, 5) is 0.969. The van der Waals surface area contributed by atoms with Gasteiger partial charge in [0.1, 0.15) is 5.38 Å². The van der Waals surface area contributed by atoms with Crippen LogP contribution < -0.4 is 0 Å². The van der Waals surface area contributed by atoms with Gasteiger partial charge in [-0.2, -0.15) is 0 Å². The first-order valence-electron chi connectivity index (χ1n) is 3.78. The van der Waals surface area contributed by atoms with Gasteiger partial charge in [-0.05, 0) is 18.4 Å². The first kappa shape index (κ1) is 8.72. The van der Waals surface area contributed by atoms with Gasteiger partial charge in [0, 0.05) is 0 Å². The van der Waals surface area contributed by atoms with Crippen molar-refractivity contribution in [3.8, 4) is 10.8 Å². The van der Waals surface area contributed by atoms with E-state index in [0.29, 0.717) is 11.8 Å². The topological polar surface area (TPSA) is 38.9 Å². The molecule has 0 fully saturated rings. The Kier molecular flexibility index (Phi) is 2.33. The van der Waals surface area contributed by atoms with Gasteiger partial charge in [0.15, 0.2) is 0 Å². The van der Waals surface area contributed by atoms with Crippen molar-refractivity contribution in [3.63, 3.8) is 0 Å². The molecule has 68 valence electrons. The van der Waals surface area contributed by atoms with Crippen LogP contribution in [0.15, 0.2) is 21.9 Å². The minimum absolute atomic E-state index is 0.235. The van der Waals surface area contributed by atoms with E-state index in [1.165, 1.54) is 0 Å². The standard InChI is InChI=1S/C8H7ClN2OS/c1-5(9)7-10-11-8(12-7)6-3-2-4-13-6/h2-5H,1H3. The normalized spacial score (nSPS) is 13.1. The third-order valence-corrected chi connectivity index (χ3v) is 2.56. The number of nitrogens with zero attached hydrogens (tertiary/aromatic N) is 2. The van der Waals surface area contributed by atoms with Crippen molar-refractivity contribution in [2.24, 2.45) is 0 Å². The largest absolute Gasteiger partial charge is 0.418 e. The third-order valence-electron chi connectivity index (χ3n) is 1.51. The first-order valence-corrected chi connectivity index (χ1v) is 5.10. The molecule has 0 N–H and O–H groups in total. The molecule has 2 rings (SSSR count). The summed E-state index contributed by atoms with van der Waals surface area (Å²) in [5, 5.41) is 9.45. The monoisotopic (exact) mass is 214 g/mol. The van der Waals surface area contributed by atoms with Gasteiger partial charge in [0.2, 0.25) is 5.89 Å². The van der Waals surface area contributed by atoms with Gasteiger partial charge < -0.3 is 4.42 Å². The number of hydrogen-bond acceptors (Lipinski definition) is 4. The van der Waals surface area contributed by atoms with Gasteiger partial charge in [-0.25, -0.2) is 0 Å². The number of aromatic nitrogens is 2. The molecule has 0 radical (unpaired) electrons. The molecule has 0 aromatic carbocycles. The van der Waals surface area contributed by atoms with Crippen LogP contribution in [0.1, 0.15) is 18.2 Å². The van der Waals surface area contributed by atoms with Crippen LogP contribution in [0.3, 0.4) is 0 Å². The van der Waals surface area contributed by atoms with E-state index in [9.17, 15) is 0 Å². The summed E-state index contributed by atoms with van der Waals surface area (Å²) in [5.74, 6) is 1.00. The van der Waals surface area contributed by atoms with Crippen LogP contribution in [0.4, 0.5) is 0 Å². The van der Waals surface area contributed by atoms with Crippen molar-refractivity contribution in [1.29, 1.82) is 0 Å². The lowest BCUT2D eigenvalue weighted by atomic mass is 10.5. The fourth-order valence-electron chi connectivity index (χ4n) is 0.895. The van der Waals surface area contributed by atoms with E-state index < -0.39 is 0 Å². The molecule has 0 aliphatic rings. The molecule has 13 heavy (non-hydrogen) atoms. The van der Waals surface area contributed by atoms with Gasteiger partial charge in [0.25, 0.3) is 5.89 Å². The van der Waals surface area contributed by atoms with Crippen molar-refractivity contribution >= 4 is 22.9 Å². The van der Waals surface area contributed by atoms with Crippen LogP contribution in [0, 0.1) is 0 Å². The molecule has 1 unspecified atom stereocenters. The maximum Gasteiger partial charge on any atom is 0.257 e. The molecule has 5 heteroatoms. The highest BCUT2D eigenvalue weighted by Gasteiger charge is 2.12. The van der Waals surface area contributed by atoms with E-state index in [0.717, 1.165) is 4.88 Å². The Morgan fingerprint density at radius 3 is 2.92 bits per heavy atom. The Hall–Kier alpha value is -0.870. The van der Waals surface area contributed by atoms with Crippen LogP contribution in [0.25, 0.3) is 10.8 Å². The lowest BCUT2D eigenvalue weighted by Crippen LogP contribution is -1.81. The summed E-state index contributed by atoms with van der Waals surface area (Å²) < 4.78 is 5.35. The molecule has 0 saturated heterocycles. The van der Waals surface area contributed by atoms with Gasteiger partial charge in [-0.3, -0.25) is 0 Å². The molecule has 0 amide bonds. The summed E-state index contributed by atoms with van der Waals surface area (Å²) in [6, 6.07) is 3.87. The Labute approximate surface area is 84.4 Å². The zero-order valence-electron chi connectivity index (χ0n) is 6.90. The van der Waals surface area contributed by atoms with E-state index >= 15 is 0 Å². The SMILES string of the molecule is CC(Cl)c1nnc(-c2cccs2)o1. The molecule has 0 aliphatic carbocycles. The molecule has 2 aromatic heterocycles. The highest BCUT2D eigenvalue weighted by atomic mass is 35.5. The van der Waals surface area contributed by atoms with E-state index in [2.05, 4.69) is 10.2 Å². The molecule has 2 aromatic rings. The van der Waals surface area contributed by atoms with E-state index in [4.69, 9.17) is 16.0 Å². The van der Waals surface area contributed by atoms with Gasteiger partial charge >= 0.3 is 0 Å². The molecule has 2 heterocycles. The van der Waals surface area contributed by atoms with E-state index in [1.54, 1.807) is 18.3 Å². The third kappa shape index (κ3) is 1.73. The number of hydrogen-bond donors (Lipinski definition) is 0. The van der Waals surface area contributed by atoms with Crippen molar-refractivity contribution in [3.05, 3.63) is 23.4 Å². The quantitative estimate of drug-likeness (QED) is 0.722. The van der Waals surface area contributed by atoms with Crippen molar-refractivity contribution in [2.75, 3.05) is 0 Å². The lowest BCUT2D eigenvalue weighted by molar-refractivity contribution is 0.508. The number of thiophene rings is 1. The van der Waals surface area contributed by atoms with Gasteiger partial charge in [0.05, 0.1) is 4.88 Å². The smallest absolute Gasteiger partial charge is 0.257 e. The molecular weight excluding hydrogens is 208 g/mol. The Balaban J connectivity index is 2.33. The predicted molar refractivity (Wildman–Crippen MR) is 51.9 cm³/mol. The zero-order valence-corrected chi connectivity index (χ0v) is 8.47. The maximum atomic E-state index is 5.79. The summed E-state index contributed by atoms with van der Waals surface area (Å²) in [6.45, 7) is 1.80. The molecule has 0 saturated carbocycles. The predicted octanol–water partition coefficient (Wildman–Crippen LogP) is 3.10. The van der Waals surface area contributed by atoms with Crippen molar-refractivity contribution in [1.82, 2.24) is 10.2 Å². The molecular formula is C8H7ClN2OS. The average Bonchev–Trinajstić information content (AvgIpc) is 2.75. The highest BCUT2D eigenvalue weighted by molar-refractivity contribution is 7.13. The van der Waals surface area contributed by atoms with Crippen LogP contribution >= 0.6 is 22.9 Å². The van der Waals surface area contributed by atoms with Gasteiger partial charge in [-0.1, -0.05) is 6.07 Å². The van der Waals surface area contributed by atoms with Gasteiger partial charge in [-0.15, -0.1) is 33.1 Å². The summed E-state index contributed by atoms with van der Waals surface area (Å²) in [5.41, 5.74) is 0. The number of alkyl halides is 1. The van der Waals surface area contributed by atoms with Crippen LogP contribution in [0.2, 0.25) is 0 Å². The van der Waals surface area contributed by atoms with Crippen LogP contribution in [-0.2, 0) is 0 Å². The number of halogens is 1. The van der Waals surface area contributed by atoms with Crippen LogP contribution in [-0.4, -0.2) is 10.2 Å². The summed E-state index contributed by atoms with van der Waals surface area (Å²) >= 11 is 7.35.